The van der Waals surface area contributed by atoms with Crippen LogP contribution >= 0.6 is 0 Å². The van der Waals surface area contributed by atoms with E-state index in [9.17, 15) is 9.18 Å². The second-order valence-electron chi connectivity index (χ2n) is 4.01. The van der Waals surface area contributed by atoms with Crippen molar-refractivity contribution < 1.29 is 9.18 Å². The van der Waals surface area contributed by atoms with Gasteiger partial charge in [-0.3, -0.25) is 9.89 Å². The van der Waals surface area contributed by atoms with E-state index in [1.807, 2.05) is 6.92 Å². The van der Waals surface area contributed by atoms with Crippen LogP contribution in [-0.4, -0.2) is 21.1 Å². The SMILES string of the molecule is CCCc1[nH]nc(C(=O)Nc2cccc(F)n2)c1N. The van der Waals surface area contributed by atoms with Crippen molar-refractivity contribution >= 4 is 17.4 Å². The number of nitrogens with one attached hydrogen (secondary N) is 2. The normalized spacial score (nSPS) is 10.4. The lowest BCUT2D eigenvalue weighted by molar-refractivity contribution is 0.102. The van der Waals surface area contributed by atoms with Crippen LogP contribution in [-0.2, 0) is 6.42 Å². The van der Waals surface area contributed by atoms with Gasteiger partial charge in [0.1, 0.15) is 5.82 Å². The second-order valence-corrected chi connectivity index (χ2v) is 4.01. The number of carbonyl (C=O) groups excluding carboxylic acids is 1. The van der Waals surface area contributed by atoms with Gasteiger partial charge in [-0.2, -0.15) is 9.49 Å². The number of nitrogens with two attached hydrogens (primary N) is 1. The maximum atomic E-state index is 12.9. The summed E-state index contributed by atoms with van der Waals surface area (Å²) in [5.74, 6) is -1.07. The first-order valence-corrected chi connectivity index (χ1v) is 5.88. The van der Waals surface area contributed by atoms with Gasteiger partial charge in [-0.15, -0.1) is 0 Å². The van der Waals surface area contributed by atoms with Gasteiger partial charge in [0.25, 0.3) is 5.91 Å². The molecule has 0 aliphatic rings. The number of anilines is 2. The fraction of sp³-hybridized carbons (Fsp3) is 0.250. The molecule has 7 heteroatoms. The van der Waals surface area contributed by atoms with Crippen molar-refractivity contribution in [2.75, 3.05) is 11.1 Å². The molecule has 0 unspecified atom stereocenters. The minimum absolute atomic E-state index is 0.0921. The zero-order valence-electron chi connectivity index (χ0n) is 10.4. The molecule has 0 bridgehead atoms. The Morgan fingerprint density at radius 3 is 3.00 bits per heavy atom. The minimum atomic E-state index is -0.667. The largest absolute Gasteiger partial charge is 0.395 e. The van der Waals surface area contributed by atoms with Crippen LogP contribution in [0.1, 0.15) is 29.5 Å². The van der Waals surface area contributed by atoms with Crippen molar-refractivity contribution in [2.45, 2.75) is 19.8 Å². The molecule has 0 aliphatic carbocycles. The molecular formula is C12H14FN5O. The van der Waals surface area contributed by atoms with Crippen molar-refractivity contribution in [1.82, 2.24) is 15.2 Å². The van der Waals surface area contributed by atoms with Crippen molar-refractivity contribution in [3.8, 4) is 0 Å². The summed E-state index contributed by atoms with van der Waals surface area (Å²) in [7, 11) is 0. The Hall–Kier alpha value is -2.44. The van der Waals surface area contributed by atoms with E-state index in [1.165, 1.54) is 18.2 Å². The number of hydrogen-bond acceptors (Lipinski definition) is 4. The van der Waals surface area contributed by atoms with Crippen LogP contribution in [0.4, 0.5) is 15.9 Å². The molecule has 0 saturated heterocycles. The van der Waals surface area contributed by atoms with Gasteiger partial charge in [-0.05, 0) is 18.6 Å². The number of hydrogen-bond donors (Lipinski definition) is 3. The Balaban J connectivity index is 2.16. The average molecular weight is 263 g/mol. The number of aromatic amines is 1. The molecule has 100 valence electrons. The first-order chi connectivity index (χ1) is 9.11. The number of rotatable bonds is 4. The van der Waals surface area contributed by atoms with E-state index in [4.69, 9.17) is 5.73 Å². The molecule has 0 fully saturated rings. The van der Waals surface area contributed by atoms with Crippen LogP contribution in [0, 0.1) is 5.95 Å². The number of halogens is 1. The zero-order chi connectivity index (χ0) is 13.8. The van der Waals surface area contributed by atoms with Crippen LogP contribution in [0.3, 0.4) is 0 Å². The monoisotopic (exact) mass is 263 g/mol. The van der Waals surface area contributed by atoms with Crippen molar-refractivity contribution in [1.29, 1.82) is 0 Å². The number of nitrogens with zero attached hydrogens (tertiary/aromatic N) is 2. The molecule has 0 atom stereocenters. The van der Waals surface area contributed by atoms with E-state index in [0.717, 1.165) is 12.1 Å². The fourth-order valence-electron chi connectivity index (χ4n) is 1.65. The summed E-state index contributed by atoms with van der Waals surface area (Å²) in [5.41, 5.74) is 6.95. The van der Waals surface area contributed by atoms with Crippen molar-refractivity contribution in [3.05, 3.63) is 35.5 Å². The number of nitrogen functional groups attached to an aromatic ring is 1. The summed E-state index contributed by atoms with van der Waals surface area (Å²) in [6, 6.07) is 4.13. The molecule has 4 N–H and O–H groups in total. The highest BCUT2D eigenvalue weighted by Gasteiger charge is 2.17. The Labute approximate surface area is 109 Å². The molecule has 0 spiro atoms. The Bertz CT molecular complexity index is 596. The van der Waals surface area contributed by atoms with E-state index in [1.54, 1.807) is 0 Å². The van der Waals surface area contributed by atoms with Crippen molar-refractivity contribution in [2.24, 2.45) is 0 Å². The third-order valence-corrected chi connectivity index (χ3v) is 2.55. The Morgan fingerprint density at radius 1 is 1.53 bits per heavy atom. The van der Waals surface area contributed by atoms with E-state index in [-0.39, 0.29) is 11.5 Å². The van der Waals surface area contributed by atoms with Gasteiger partial charge in [0.05, 0.1) is 11.4 Å². The van der Waals surface area contributed by atoms with Gasteiger partial charge in [-0.1, -0.05) is 19.4 Å². The molecule has 6 nitrogen and oxygen atoms in total. The molecule has 2 aromatic heterocycles. The average Bonchev–Trinajstić information content (AvgIpc) is 2.72. The van der Waals surface area contributed by atoms with Gasteiger partial charge in [-0.25, -0.2) is 4.98 Å². The lowest BCUT2D eigenvalue weighted by Gasteiger charge is -2.02. The quantitative estimate of drug-likeness (QED) is 0.732. The van der Waals surface area contributed by atoms with E-state index in [0.29, 0.717) is 12.1 Å². The van der Waals surface area contributed by atoms with Gasteiger partial charge in [0.15, 0.2) is 5.69 Å². The number of pyridine rings is 1. The maximum absolute atomic E-state index is 12.9. The summed E-state index contributed by atoms with van der Waals surface area (Å²) in [5, 5.41) is 9.03. The van der Waals surface area contributed by atoms with Gasteiger partial charge >= 0.3 is 0 Å². The van der Waals surface area contributed by atoms with Gasteiger partial charge < -0.3 is 11.1 Å². The third-order valence-electron chi connectivity index (χ3n) is 2.55. The van der Waals surface area contributed by atoms with Crippen molar-refractivity contribution in [3.63, 3.8) is 0 Å². The third kappa shape index (κ3) is 2.87. The molecule has 0 saturated carbocycles. The van der Waals surface area contributed by atoms with Gasteiger partial charge in [0.2, 0.25) is 5.95 Å². The molecule has 2 heterocycles. The predicted octanol–water partition coefficient (Wildman–Crippen LogP) is 1.73. The number of H-pyrrole nitrogens is 1. The fourth-order valence-corrected chi connectivity index (χ4v) is 1.65. The Morgan fingerprint density at radius 2 is 2.32 bits per heavy atom. The van der Waals surface area contributed by atoms with Crippen LogP contribution in [0.15, 0.2) is 18.2 Å². The first kappa shape index (κ1) is 13.0. The number of aromatic nitrogens is 3. The predicted molar refractivity (Wildman–Crippen MR) is 69.1 cm³/mol. The topological polar surface area (TPSA) is 96.7 Å². The summed E-state index contributed by atoms with van der Waals surface area (Å²) in [4.78, 5) is 15.5. The highest BCUT2D eigenvalue weighted by molar-refractivity contribution is 6.06. The summed E-state index contributed by atoms with van der Waals surface area (Å²) < 4.78 is 12.9. The van der Waals surface area contributed by atoms with Crippen LogP contribution in [0.2, 0.25) is 0 Å². The minimum Gasteiger partial charge on any atom is -0.395 e. The molecule has 0 radical (unpaired) electrons. The highest BCUT2D eigenvalue weighted by Crippen LogP contribution is 2.16. The number of carbonyl (C=O) groups is 1. The lowest BCUT2D eigenvalue weighted by Crippen LogP contribution is -2.15. The molecule has 2 rings (SSSR count). The molecule has 0 aliphatic heterocycles. The number of aryl methyl sites for hydroxylation is 1. The second kappa shape index (κ2) is 5.47. The molecule has 0 aromatic carbocycles. The van der Waals surface area contributed by atoms with Crippen LogP contribution in [0.25, 0.3) is 0 Å². The van der Waals surface area contributed by atoms with Crippen LogP contribution in [0.5, 0.6) is 0 Å². The van der Waals surface area contributed by atoms with E-state index in [2.05, 4.69) is 20.5 Å². The summed E-state index contributed by atoms with van der Waals surface area (Å²) in [6.45, 7) is 2.00. The molecule has 1 amide bonds. The maximum Gasteiger partial charge on any atom is 0.279 e. The summed E-state index contributed by atoms with van der Waals surface area (Å²) >= 11 is 0. The molecule has 2 aromatic rings. The zero-order valence-corrected chi connectivity index (χ0v) is 10.4. The number of amides is 1. The summed E-state index contributed by atoms with van der Waals surface area (Å²) in [6.07, 6.45) is 1.60. The smallest absolute Gasteiger partial charge is 0.279 e. The Kier molecular flexibility index (Phi) is 3.74. The van der Waals surface area contributed by atoms with E-state index < -0.39 is 11.9 Å². The first-order valence-electron chi connectivity index (χ1n) is 5.88. The molecular weight excluding hydrogens is 249 g/mol. The standard InChI is InChI=1S/C12H14FN5O/c1-2-4-7-10(14)11(18-17-7)12(19)16-9-6-3-5-8(13)15-9/h3,5-6H,2,4,14H2,1H3,(H,17,18)(H,15,16,19). The van der Waals surface area contributed by atoms with Gasteiger partial charge in [0, 0.05) is 0 Å². The lowest BCUT2D eigenvalue weighted by atomic mass is 10.2. The molecule has 19 heavy (non-hydrogen) atoms. The van der Waals surface area contributed by atoms with E-state index >= 15 is 0 Å². The highest BCUT2D eigenvalue weighted by atomic mass is 19.1. The van der Waals surface area contributed by atoms with Crippen LogP contribution < -0.4 is 11.1 Å².